The van der Waals surface area contributed by atoms with Crippen molar-refractivity contribution in [2.24, 2.45) is 5.73 Å². The fourth-order valence-corrected chi connectivity index (χ4v) is 2.45. The zero-order valence-electron chi connectivity index (χ0n) is 11.4. The first-order valence-electron chi connectivity index (χ1n) is 6.47. The van der Waals surface area contributed by atoms with Crippen molar-refractivity contribution in [1.82, 2.24) is 0 Å². The Morgan fingerprint density at radius 1 is 1.10 bits per heavy atom. The van der Waals surface area contributed by atoms with Gasteiger partial charge >= 0.3 is 0 Å². The highest BCUT2D eigenvalue weighted by Gasteiger charge is 2.06. The van der Waals surface area contributed by atoms with E-state index in [1.165, 1.54) is 11.1 Å². The molecule has 0 saturated carbocycles. The number of rotatable bonds is 6. The van der Waals surface area contributed by atoms with E-state index in [0.717, 1.165) is 22.4 Å². The molecule has 4 heteroatoms. The summed E-state index contributed by atoms with van der Waals surface area (Å²) in [5.74, 6) is 1.60. The van der Waals surface area contributed by atoms with Crippen molar-refractivity contribution in [3.05, 3.63) is 58.1 Å². The van der Waals surface area contributed by atoms with Crippen molar-refractivity contribution in [2.75, 3.05) is 13.7 Å². The number of nitrogens with two attached hydrogens (primary N) is 1. The van der Waals surface area contributed by atoms with Crippen LogP contribution in [0.15, 0.2) is 46.9 Å². The van der Waals surface area contributed by atoms with Crippen LogP contribution in [-0.4, -0.2) is 13.7 Å². The van der Waals surface area contributed by atoms with Crippen LogP contribution in [0.4, 0.5) is 0 Å². The number of halogens is 1. The molecule has 0 aliphatic carbocycles. The van der Waals surface area contributed by atoms with Crippen molar-refractivity contribution in [2.45, 2.75) is 13.0 Å². The Bertz CT molecular complexity index is 572. The second-order valence-corrected chi connectivity index (χ2v) is 5.25. The molecule has 0 aliphatic heterocycles. The minimum atomic E-state index is 0.529. The van der Waals surface area contributed by atoms with Crippen molar-refractivity contribution < 1.29 is 9.47 Å². The van der Waals surface area contributed by atoms with Crippen molar-refractivity contribution >= 4 is 15.9 Å². The first-order valence-corrected chi connectivity index (χ1v) is 7.27. The van der Waals surface area contributed by atoms with Gasteiger partial charge in [-0.05, 0) is 58.2 Å². The Morgan fingerprint density at radius 2 is 1.85 bits per heavy atom. The second kappa shape index (κ2) is 7.31. The Labute approximate surface area is 127 Å². The van der Waals surface area contributed by atoms with E-state index in [4.69, 9.17) is 15.2 Å². The molecule has 0 saturated heterocycles. The molecule has 0 amide bonds. The lowest BCUT2D eigenvalue weighted by Crippen LogP contribution is -2.07. The van der Waals surface area contributed by atoms with Crippen LogP contribution < -0.4 is 15.2 Å². The molecule has 0 bridgehead atoms. The summed E-state index contributed by atoms with van der Waals surface area (Å²) in [6, 6.07) is 13.9. The van der Waals surface area contributed by atoms with Crippen LogP contribution in [0.1, 0.15) is 11.1 Å². The zero-order valence-corrected chi connectivity index (χ0v) is 13.0. The Morgan fingerprint density at radius 3 is 2.50 bits per heavy atom. The third-order valence-electron chi connectivity index (χ3n) is 3.05. The maximum absolute atomic E-state index is 5.87. The molecule has 2 rings (SSSR count). The normalized spacial score (nSPS) is 10.3. The number of ether oxygens (including phenoxy) is 2. The van der Waals surface area contributed by atoms with Crippen LogP contribution in [0.3, 0.4) is 0 Å². The molecule has 2 N–H and O–H groups in total. The van der Waals surface area contributed by atoms with Gasteiger partial charge in [0, 0.05) is 0 Å². The lowest BCUT2D eigenvalue weighted by Gasteiger charge is -2.12. The van der Waals surface area contributed by atoms with E-state index >= 15 is 0 Å². The van der Waals surface area contributed by atoms with Crippen LogP contribution >= 0.6 is 15.9 Å². The molecular formula is C16H18BrNO2. The molecule has 2 aromatic carbocycles. The summed E-state index contributed by atoms with van der Waals surface area (Å²) in [7, 11) is 1.64. The molecule has 0 atom stereocenters. The summed E-state index contributed by atoms with van der Waals surface area (Å²) in [6.07, 6.45) is 0.864. The predicted octanol–water partition coefficient (Wildman–Crippen LogP) is 3.54. The average molecular weight is 336 g/mol. The minimum Gasteiger partial charge on any atom is -0.497 e. The first-order chi connectivity index (χ1) is 9.74. The van der Waals surface area contributed by atoms with E-state index < -0.39 is 0 Å². The van der Waals surface area contributed by atoms with Gasteiger partial charge < -0.3 is 15.2 Å². The van der Waals surface area contributed by atoms with Crippen LogP contribution in [0.5, 0.6) is 11.5 Å². The van der Waals surface area contributed by atoms with Gasteiger partial charge in [-0.3, -0.25) is 0 Å². The number of benzene rings is 2. The zero-order chi connectivity index (χ0) is 14.4. The SMILES string of the molecule is COc1ccc(OCc2ccccc2CCN)c(Br)c1. The molecule has 3 nitrogen and oxygen atoms in total. The number of hydrogen-bond donors (Lipinski definition) is 1. The summed E-state index contributed by atoms with van der Waals surface area (Å²) in [5, 5.41) is 0. The summed E-state index contributed by atoms with van der Waals surface area (Å²) < 4.78 is 11.9. The molecule has 0 aromatic heterocycles. The van der Waals surface area contributed by atoms with Gasteiger partial charge in [0.25, 0.3) is 0 Å². The summed E-state index contributed by atoms with van der Waals surface area (Å²) in [4.78, 5) is 0. The van der Waals surface area contributed by atoms with E-state index in [-0.39, 0.29) is 0 Å². The fraction of sp³-hybridized carbons (Fsp3) is 0.250. The third kappa shape index (κ3) is 3.74. The molecular weight excluding hydrogens is 318 g/mol. The largest absolute Gasteiger partial charge is 0.497 e. The molecule has 0 spiro atoms. The Balaban J connectivity index is 2.09. The quantitative estimate of drug-likeness (QED) is 0.878. The molecule has 0 heterocycles. The molecule has 20 heavy (non-hydrogen) atoms. The minimum absolute atomic E-state index is 0.529. The lowest BCUT2D eigenvalue weighted by atomic mass is 10.1. The maximum atomic E-state index is 5.87. The maximum Gasteiger partial charge on any atom is 0.134 e. The molecule has 0 unspecified atom stereocenters. The van der Waals surface area contributed by atoms with Gasteiger partial charge in [-0.2, -0.15) is 0 Å². The van der Waals surface area contributed by atoms with Crippen molar-refractivity contribution in [3.8, 4) is 11.5 Å². The third-order valence-corrected chi connectivity index (χ3v) is 3.67. The highest BCUT2D eigenvalue weighted by Crippen LogP contribution is 2.29. The second-order valence-electron chi connectivity index (χ2n) is 4.39. The smallest absolute Gasteiger partial charge is 0.134 e. The van der Waals surface area contributed by atoms with Gasteiger partial charge in [-0.15, -0.1) is 0 Å². The predicted molar refractivity (Wildman–Crippen MR) is 84.2 cm³/mol. The number of methoxy groups -OCH3 is 1. The highest BCUT2D eigenvalue weighted by atomic mass is 79.9. The molecule has 0 radical (unpaired) electrons. The molecule has 0 aliphatic rings. The monoisotopic (exact) mass is 335 g/mol. The van der Waals surface area contributed by atoms with E-state index in [2.05, 4.69) is 28.1 Å². The molecule has 0 fully saturated rings. The summed E-state index contributed by atoms with van der Waals surface area (Å²) in [5.41, 5.74) is 8.03. The standard InChI is InChI=1S/C16H18BrNO2/c1-19-14-6-7-16(15(17)10-14)20-11-13-5-3-2-4-12(13)8-9-18/h2-7,10H,8-9,11,18H2,1H3. The average Bonchev–Trinajstić information content (AvgIpc) is 2.47. The molecule has 106 valence electrons. The Kier molecular flexibility index (Phi) is 5.44. The molecule has 2 aromatic rings. The first kappa shape index (κ1) is 14.9. The van der Waals surface area contributed by atoms with Gasteiger partial charge in [0.2, 0.25) is 0 Å². The van der Waals surface area contributed by atoms with Gasteiger partial charge in [-0.25, -0.2) is 0 Å². The van der Waals surface area contributed by atoms with Crippen molar-refractivity contribution in [3.63, 3.8) is 0 Å². The van der Waals surface area contributed by atoms with E-state index in [1.54, 1.807) is 7.11 Å². The van der Waals surface area contributed by atoms with Crippen LogP contribution in [0, 0.1) is 0 Å². The van der Waals surface area contributed by atoms with Crippen molar-refractivity contribution in [1.29, 1.82) is 0 Å². The lowest BCUT2D eigenvalue weighted by molar-refractivity contribution is 0.302. The summed E-state index contributed by atoms with van der Waals surface area (Å²) in [6.45, 7) is 1.17. The van der Waals surface area contributed by atoms with Gasteiger partial charge in [-0.1, -0.05) is 24.3 Å². The van der Waals surface area contributed by atoms with E-state index in [0.29, 0.717) is 13.2 Å². The fourth-order valence-electron chi connectivity index (χ4n) is 1.98. The van der Waals surface area contributed by atoms with Gasteiger partial charge in [0.05, 0.1) is 11.6 Å². The summed E-state index contributed by atoms with van der Waals surface area (Å²) >= 11 is 3.49. The number of hydrogen-bond acceptors (Lipinski definition) is 3. The van der Waals surface area contributed by atoms with Crippen LogP contribution in [0.2, 0.25) is 0 Å². The van der Waals surface area contributed by atoms with E-state index in [1.807, 2.05) is 30.3 Å². The topological polar surface area (TPSA) is 44.5 Å². The van der Waals surface area contributed by atoms with E-state index in [9.17, 15) is 0 Å². The van der Waals surface area contributed by atoms with Gasteiger partial charge in [0.15, 0.2) is 0 Å². The van der Waals surface area contributed by atoms with Crippen LogP contribution in [-0.2, 0) is 13.0 Å². The Hall–Kier alpha value is -1.52. The van der Waals surface area contributed by atoms with Crippen LogP contribution in [0.25, 0.3) is 0 Å². The van der Waals surface area contributed by atoms with Gasteiger partial charge in [0.1, 0.15) is 18.1 Å². The highest BCUT2D eigenvalue weighted by molar-refractivity contribution is 9.10.